The first kappa shape index (κ1) is 22.7. The summed E-state index contributed by atoms with van der Waals surface area (Å²) in [5.74, 6) is 0.343. The van der Waals surface area contributed by atoms with Gasteiger partial charge in [-0.05, 0) is 0 Å². The molecule has 0 fully saturated rings. The largest absolute Gasteiger partial charge is 2.00 e. The first-order valence-corrected chi connectivity index (χ1v) is 2.33. The third-order valence-electron chi connectivity index (χ3n) is 0.789. The molecule has 0 aliphatic rings. The molecule has 0 atom stereocenters. The molecular weight excluding hydrogens is 170 g/mol. The summed E-state index contributed by atoms with van der Waals surface area (Å²) in [4.78, 5) is 10.2. The van der Waals surface area contributed by atoms with Crippen molar-refractivity contribution in [3.05, 3.63) is 0 Å². The zero-order valence-corrected chi connectivity index (χ0v) is 13.0. The Morgan fingerprint density at radius 3 is 1.33 bits per heavy atom. The third-order valence-corrected chi connectivity index (χ3v) is 0.789. The van der Waals surface area contributed by atoms with E-state index in [4.69, 9.17) is 0 Å². The summed E-state index contributed by atoms with van der Waals surface area (Å²) in [6.07, 6.45) is 1.38. The Balaban J connectivity index is -0.0000000417. The molecule has 0 aliphatic heterocycles. The van der Waals surface area contributed by atoms with Crippen molar-refractivity contribution in [2.75, 3.05) is 0 Å². The first-order valence-electron chi connectivity index (χ1n) is 2.33. The minimum atomic E-state index is 0. The maximum Gasteiger partial charge on any atom is 1.00 e. The van der Waals surface area contributed by atoms with Gasteiger partial charge in [-0.2, -0.15) is 0 Å². The van der Waals surface area contributed by atoms with E-state index in [1.165, 1.54) is 0 Å². The number of hydrogen-bond donors (Lipinski definition) is 0. The van der Waals surface area contributed by atoms with Crippen molar-refractivity contribution in [3.63, 3.8) is 0 Å². The second-order valence-corrected chi connectivity index (χ2v) is 1.25. The van der Waals surface area contributed by atoms with E-state index in [2.05, 4.69) is 0 Å². The molecule has 0 aromatic carbocycles. The van der Waals surface area contributed by atoms with Crippen LogP contribution >= 0.6 is 0 Å². The molecule has 2 nitrogen and oxygen atoms in total. The monoisotopic (exact) mass is 180 g/mol. The Morgan fingerprint density at radius 2 is 1.33 bits per heavy atom. The van der Waals surface area contributed by atoms with Crippen molar-refractivity contribution in [3.8, 4) is 0 Å². The Bertz CT molecular complexity index is 50.9. The van der Waals surface area contributed by atoms with Gasteiger partial charge in [0.25, 0.3) is 0 Å². The van der Waals surface area contributed by atoms with Crippen LogP contribution in [0.3, 0.4) is 0 Å². The van der Waals surface area contributed by atoms with Crippen molar-refractivity contribution in [2.24, 2.45) is 0 Å². The molecule has 0 spiro atoms. The van der Waals surface area contributed by atoms with Crippen LogP contribution in [0.2, 0.25) is 0 Å². The third kappa shape index (κ3) is 18.1. The summed E-state index contributed by atoms with van der Waals surface area (Å²) in [5, 5.41) is 0. The van der Waals surface area contributed by atoms with E-state index >= 15 is 0 Å². The molecule has 4 heteroatoms. The van der Waals surface area contributed by atoms with Crippen LogP contribution in [-0.2, 0) is 10.3 Å². The summed E-state index contributed by atoms with van der Waals surface area (Å²) >= 11 is 0. The van der Waals surface area contributed by atoms with Crippen molar-refractivity contribution >= 4 is 5.78 Å². The second kappa shape index (κ2) is 17.1. The maximum atomic E-state index is 10.2. The topological polar surface area (TPSA) is 45.6 Å². The average Bonchev–Trinajstić information content (AvgIpc) is 1.65. The number of carbonyl (C=O) groups is 1. The van der Waals surface area contributed by atoms with Gasteiger partial charge >= 0.3 is 103 Å². The fourth-order valence-electron chi connectivity index (χ4n) is 0.250. The zero-order valence-electron chi connectivity index (χ0n) is 6.73. The van der Waals surface area contributed by atoms with E-state index in [1.807, 2.05) is 13.8 Å². The molecule has 0 heterocycles. The summed E-state index contributed by atoms with van der Waals surface area (Å²) in [6, 6.07) is 0. The van der Waals surface area contributed by atoms with Gasteiger partial charge in [-0.15, -0.1) is 0 Å². The van der Waals surface area contributed by atoms with Crippen LogP contribution in [-0.4, -0.2) is 5.78 Å². The maximum absolute atomic E-state index is 10.2. The molecule has 0 N–H and O–H groups in total. The Kier molecular flexibility index (Phi) is 43.1. The van der Waals surface area contributed by atoms with E-state index in [9.17, 15) is 4.79 Å². The second-order valence-electron chi connectivity index (χ2n) is 1.25. The Labute approximate surface area is 142 Å². The van der Waals surface area contributed by atoms with Gasteiger partial charge in [0, 0.05) is 12.8 Å². The van der Waals surface area contributed by atoms with Crippen LogP contribution in [0.5, 0.6) is 0 Å². The quantitative estimate of drug-likeness (QED) is 0.394. The molecular formula is C5H10K2O2. The van der Waals surface area contributed by atoms with Crippen molar-refractivity contribution in [1.29, 1.82) is 0 Å². The summed E-state index contributed by atoms with van der Waals surface area (Å²) in [7, 11) is 0. The van der Waals surface area contributed by atoms with Gasteiger partial charge < -0.3 is 5.48 Å². The summed E-state index contributed by atoms with van der Waals surface area (Å²) in [6.45, 7) is 3.76. The Morgan fingerprint density at radius 1 is 1.11 bits per heavy atom. The molecule has 0 aromatic rings. The van der Waals surface area contributed by atoms with E-state index < -0.39 is 0 Å². The van der Waals surface area contributed by atoms with Gasteiger partial charge in [0.2, 0.25) is 0 Å². The number of carbonyl (C=O) groups excluding carboxylic acids is 1. The average molecular weight is 180 g/mol. The molecule has 0 aliphatic carbocycles. The molecule has 0 amide bonds. The molecule has 0 saturated carbocycles. The van der Waals surface area contributed by atoms with Gasteiger partial charge in [-0.3, -0.25) is 4.79 Å². The molecule has 0 radical (unpaired) electrons. The van der Waals surface area contributed by atoms with Gasteiger partial charge in [-0.1, -0.05) is 13.8 Å². The van der Waals surface area contributed by atoms with Crippen molar-refractivity contribution in [2.45, 2.75) is 26.7 Å². The van der Waals surface area contributed by atoms with E-state index in [1.54, 1.807) is 0 Å². The fourth-order valence-corrected chi connectivity index (χ4v) is 0.250. The van der Waals surface area contributed by atoms with Crippen molar-refractivity contribution < 1.29 is 113 Å². The van der Waals surface area contributed by atoms with Gasteiger partial charge in [0.1, 0.15) is 5.78 Å². The molecule has 0 bridgehead atoms. The van der Waals surface area contributed by atoms with Gasteiger partial charge in [-0.25, -0.2) is 0 Å². The van der Waals surface area contributed by atoms with Crippen LogP contribution in [0.4, 0.5) is 0 Å². The molecule has 44 valence electrons. The SMILES string of the molecule is CCC(=O)CC.[K+].[K+].[O-2]. The number of ketones is 1. The number of hydrogen-bond acceptors (Lipinski definition) is 1. The molecule has 0 rings (SSSR count). The van der Waals surface area contributed by atoms with Crippen LogP contribution in [0.1, 0.15) is 26.7 Å². The normalized spacial score (nSPS) is 5.56. The molecule has 0 saturated heterocycles. The smallest absolute Gasteiger partial charge is 1.00 e. The van der Waals surface area contributed by atoms with Gasteiger partial charge in [0.05, 0.1) is 0 Å². The Hall–Kier alpha value is 2.90. The zero-order chi connectivity index (χ0) is 4.99. The summed E-state index contributed by atoms with van der Waals surface area (Å²) in [5.41, 5.74) is 0. The molecule has 0 aromatic heterocycles. The van der Waals surface area contributed by atoms with E-state index in [0.29, 0.717) is 18.6 Å². The predicted molar refractivity (Wildman–Crippen MR) is 26.3 cm³/mol. The van der Waals surface area contributed by atoms with Crippen LogP contribution in [0.15, 0.2) is 0 Å². The fraction of sp³-hybridized carbons (Fsp3) is 0.800. The van der Waals surface area contributed by atoms with Crippen LogP contribution in [0.25, 0.3) is 0 Å². The predicted octanol–water partition coefficient (Wildman–Crippen LogP) is -4.74. The summed E-state index contributed by atoms with van der Waals surface area (Å²) < 4.78 is 0. The molecule has 0 unspecified atom stereocenters. The van der Waals surface area contributed by atoms with Gasteiger partial charge in [0.15, 0.2) is 0 Å². The van der Waals surface area contributed by atoms with Crippen LogP contribution < -0.4 is 103 Å². The van der Waals surface area contributed by atoms with Crippen LogP contribution in [0, 0.1) is 0 Å². The first-order chi connectivity index (χ1) is 2.81. The minimum absolute atomic E-state index is 0. The molecule has 9 heavy (non-hydrogen) atoms. The number of Topliss-reactive ketones (excluding diaryl/α,β-unsaturated/α-hetero) is 1. The van der Waals surface area contributed by atoms with Crippen molar-refractivity contribution in [1.82, 2.24) is 0 Å². The number of rotatable bonds is 2. The minimum Gasteiger partial charge on any atom is -2.00 e. The van der Waals surface area contributed by atoms with E-state index in [0.717, 1.165) is 0 Å². The van der Waals surface area contributed by atoms with E-state index in [-0.39, 0.29) is 108 Å². The standard InChI is InChI=1S/C5H10O.2K.O/c1-3-5(6)4-2;;;/h3-4H2,1-2H3;;;/q;2*+1;-2.